The van der Waals surface area contributed by atoms with Gasteiger partial charge in [0.2, 0.25) is 0 Å². The Bertz CT molecular complexity index is 604. The molecule has 1 saturated heterocycles. The Morgan fingerprint density at radius 3 is 2.36 bits per heavy atom. The number of hydrogen-bond donors (Lipinski definition) is 1. The number of furan rings is 1. The highest BCUT2D eigenvalue weighted by Crippen LogP contribution is 2.53. The van der Waals surface area contributed by atoms with Crippen LogP contribution in [0, 0.1) is 23.7 Å². The smallest absolute Gasteiger partial charge is 0.287 e. The SMILES string of the molecule is O=C(NC1C2CC3CC(C2)CC1C3)c1ccc(CN2CCCCC2)o1. The van der Waals surface area contributed by atoms with E-state index in [1.165, 1.54) is 51.4 Å². The second-order valence-electron chi connectivity index (χ2n) is 9.03. The van der Waals surface area contributed by atoms with Crippen LogP contribution in [0.15, 0.2) is 16.5 Å². The monoisotopic (exact) mass is 342 g/mol. The average Bonchev–Trinajstić information content (AvgIpc) is 3.07. The van der Waals surface area contributed by atoms with Crippen LogP contribution in [0.25, 0.3) is 0 Å². The molecule has 2 heterocycles. The van der Waals surface area contributed by atoms with Crippen LogP contribution < -0.4 is 5.32 Å². The molecule has 4 saturated carbocycles. The molecule has 1 aromatic rings. The first-order valence-electron chi connectivity index (χ1n) is 10.4. The van der Waals surface area contributed by atoms with Gasteiger partial charge in [-0.2, -0.15) is 0 Å². The maximum Gasteiger partial charge on any atom is 0.287 e. The van der Waals surface area contributed by atoms with Gasteiger partial charge in [-0.05, 0) is 93.8 Å². The molecule has 4 aliphatic carbocycles. The first-order chi connectivity index (χ1) is 12.2. The second kappa shape index (κ2) is 6.46. The standard InChI is InChI=1S/C21H30N2O2/c24-21(19-5-4-18(25-19)13-23-6-2-1-3-7-23)22-20-16-9-14-8-15(11-16)12-17(20)10-14/h4-5,14-17,20H,1-3,6-13H2,(H,22,24). The predicted octanol–water partition coefficient (Wildman–Crippen LogP) is 3.82. The molecule has 5 fully saturated rings. The van der Waals surface area contributed by atoms with Crippen molar-refractivity contribution in [3.63, 3.8) is 0 Å². The van der Waals surface area contributed by atoms with Gasteiger partial charge in [0.15, 0.2) is 5.76 Å². The molecule has 4 nitrogen and oxygen atoms in total. The highest BCUT2D eigenvalue weighted by atomic mass is 16.4. The molecule has 1 aliphatic heterocycles. The molecule has 1 aromatic heterocycles. The first-order valence-corrected chi connectivity index (χ1v) is 10.4. The first kappa shape index (κ1) is 15.9. The lowest BCUT2D eigenvalue weighted by atomic mass is 9.54. The normalized spacial score (nSPS) is 37.4. The lowest BCUT2D eigenvalue weighted by Crippen LogP contribution is -2.55. The molecule has 0 unspecified atom stereocenters. The molecule has 25 heavy (non-hydrogen) atoms. The Kier molecular flexibility index (Phi) is 4.11. The van der Waals surface area contributed by atoms with E-state index in [4.69, 9.17) is 4.42 Å². The van der Waals surface area contributed by atoms with Crippen LogP contribution in [-0.4, -0.2) is 29.9 Å². The number of amides is 1. The molecule has 4 heteroatoms. The summed E-state index contributed by atoms with van der Waals surface area (Å²) >= 11 is 0. The lowest BCUT2D eigenvalue weighted by molar-refractivity contribution is -0.0123. The van der Waals surface area contributed by atoms with Gasteiger partial charge in [0.25, 0.3) is 5.91 Å². The molecule has 1 N–H and O–H groups in total. The van der Waals surface area contributed by atoms with Gasteiger partial charge in [-0.3, -0.25) is 9.69 Å². The molecule has 0 atom stereocenters. The molecule has 1 amide bonds. The van der Waals surface area contributed by atoms with E-state index < -0.39 is 0 Å². The van der Waals surface area contributed by atoms with Crippen LogP contribution in [0.1, 0.15) is 67.7 Å². The molecule has 6 rings (SSSR count). The third-order valence-corrected chi connectivity index (χ3v) is 7.24. The zero-order valence-electron chi connectivity index (χ0n) is 15.1. The van der Waals surface area contributed by atoms with Crippen LogP contribution in [0.2, 0.25) is 0 Å². The highest BCUT2D eigenvalue weighted by molar-refractivity contribution is 5.91. The topological polar surface area (TPSA) is 45.5 Å². The quantitative estimate of drug-likeness (QED) is 0.905. The van der Waals surface area contributed by atoms with E-state index >= 15 is 0 Å². The summed E-state index contributed by atoms with van der Waals surface area (Å²) < 4.78 is 5.89. The van der Waals surface area contributed by atoms with Crippen molar-refractivity contribution >= 4 is 5.91 Å². The average molecular weight is 342 g/mol. The number of carbonyl (C=O) groups is 1. The van der Waals surface area contributed by atoms with Gasteiger partial charge in [0.1, 0.15) is 5.76 Å². The van der Waals surface area contributed by atoms with Crippen molar-refractivity contribution in [1.82, 2.24) is 10.2 Å². The van der Waals surface area contributed by atoms with Gasteiger partial charge < -0.3 is 9.73 Å². The van der Waals surface area contributed by atoms with E-state index in [2.05, 4.69) is 10.2 Å². The number of hydrogen-bond acceptors (Lipinski definition) is 3. The Balaban J connectivity index is 1.21. The Labute approximate surface area is 150 Å². The summed E-state index contributed by atoms with van der Waals surface area (Å²) in [6.07, 6.45) is 10.7. The van der Waals surface area contributed by atoms with E-state index in [1.54, 1.807) is 0 Å². The number of likely N-dealkylation sites (tertiary alicyclic amines) is 1. The summed E-state index contributed by atoms with van der Waals surface area (Å²) in [5.74, 6) is 4.73. The molecule has 0 aromatic carbocycles. The summed E-state index contributed by atoms with van der Waals surface area (Å²) in [4.78, 5) is 15.2. The van der Waals surface area contributed by atoms with Crippen LogP contribution in [0.3, 0.4) is 0 Å². The number of carbonyl (C=O) groups excluding carboxylic acids is 1. The summed E-state index contributed by atoms with van der Waals surface area (Å²) in [7, 11) is 0. The minimum Gasteiger partial charge on any atom is -0.455 e. The fourth-order valence-corrected chi connectivity index (χ4v) is 6.31. The molecule has 0 spiro atoms. The van der Waals surface area contributed by atoms with Crippen molar-refractivity contribution in [2.45, 2.75) is 64.0 Å². The van der Waals surface area contributed by atoms with Crippen molar-refractivity contribution in [3.05, 3.63) is 23.7 Å². The van der Waals surface area contributed by atoms with E-state index in [0.29, 0.717) is 23.6 Å². The lowest BCUT2D eigenvalue weighted by Gasteiger charge is -2.54. The van der Waals surface area contributed by atoms with Gasteiger partial charge in [-0.25, -0.2) is 0 Å². The van der Waals surface area contributed by atoms with E-state index in [1.807, 2.05) is 12.1 Å². The molecule has 4 bridgehead atoms. The zero-order valence-corrected chi connectivity index (χ0v) is 15.1. The van der Waals surface area contributed by atoms with Crippen molar-refractivity contribution in [1.29, 1.82) is 0 Å². The second-order valence-corrected chi connectivity index (χ2v) is 9.03. The maximum absolute atomic E-state index is 12.7. The largest absolute Gasteiger partial charge is 0.455 e. The summed E-state index contributed by atoms with van der Waals surface area (Å²) in [5, 5.41) is 3.35. The van der Waals surface area contributed by atoms with Gasteiger partial charge in [0, 0.05) is 6.04 Å². The summed E-state index contributed by atoms with van der Waals surface area (Å²) in [5.41, 5.74) is 0. The highest BCUT2D eigenvalue weighted by Gasteiger charge is 2.48. The third kappa shape index (κ3) is 3.14. The molecule has 5 aliphatic rings. The van der Waals surface area contributed by atoms with Crippen molar-refractivity contribution in [3.8, 4) is 0 Å². The Morgan fingerprint density at radius 1 is 1.00 bits per heavy atom. The molecular weight excluding hydrogens is 312 g/mol. The van der Waals surface area contributed by atoms with Crippen LogP contribution >= 0.6 is 0 Å². The summed E-state index contributed by atoms with van der Waals surface area (Å²) in [6.45, 7) is 3.14. The number of nitrogens with zero attached hydrogens (tertiary/aromatic N) is 1. The predicted molar refractivity (Wildman–Crippen MR) is 96.1 cm³/mol. The minimum atomic E-state index is 0.00219. The Morgan fingerprint density at radius 2 is 1.68 bits per heavy atom. The minimum absolute atomic E-state index is 0.00219. The van der Waals surface area contributed by atoms with Crippen molar-refractivity contribution < 1.29 is 9.21 Å². The fraction of sp³-hybridized carbons (Fsp3) is 0.762. The van der Waals surface area contributed by atoms with E-state index in [9.17, 15) is 4.79 Å². The van der Waals surface area contributed by atoms with Crippen LogP contribution in [-0.2, 0) is 6.54 Å². The zero-order chi connectivity index (χ0) is 16.8. The van der Waals surface area contributed by atoms with E-state index in [-0.39, 0.29) is 5.91 Å². The molecule has 0 radical (unpaired) electrons. The fourth-order valence-electron chi connectivity index (χ4n) is 6.31. The number of rotatable bonds is 4. The van der Waals surface area contributed by atoms with Gasteiger partial charge in [0.05, 0.1) is 6.54 Å². The Hall–Kier alpha value is -1.29. The van der Waals surface area contributed by atoms with Crippen LogP contribution in [0.5, 0.6) is 0 Å². The third-order valence-electron chi connectivity index (χ3n) is 7.24. The van der Waals surface area contributed by atoms with Crippen molar-refractivity contribution in [2.24, 2.45) is 23.7 Å². The van der Waals surface area contributed by atoms with Gasteiger partial charge >= 0.3 is 0 Å². The molecular formula is C21H30N2O2. The number of nitrogens with one attached hydrogen (secondary N) is 1. The number of piperidine rings is 1. The van der Waals surface area contributed by atoms with Gasteiger partial charge in [-0.15, -0.1) is 0 Å². The molecule has 136 valence electrons. The maximum atomic E-state index is 12.7. The van der Waals surface area contributed by atoms with E-state index in [0.717, 1.165) is 37.2 Å². The van der Waals surface area contributed by atoms with Crippen molar-refractivity contribution in [2.75, 3.05) is 13.1 Å². The van der Waals surface area contributed by atoms with Crippen LogP contribution in [0.4, 0.5) is 0 Å². The summed E-state index contributed by atoms with van der Waals surface area (Å²) in [6, 6.07) is 4.24. The van der Waals surface area contributed by atoms with Gasteiger partial charge in [-0.1, -0.05) is 6.42 Å².